The second kappa shape index (κ2) is 24.6. The van der Waals surface area contributed by atoms with Gasteiger partial charge in [0.1, 0.15) is 0 Å². The van der Waals surface area contributed by atoms with Gasteiger partial charge in [-0.05, 0) is 38.0 Å². The molecule has 0 rings (SSSR count). The van der Waals surface area contributed by atoms with Crippen molar-refractivity contribution in [3.05, 3.63) is 0 Å². The highest BCUT2D eigenvalue weighted by atomic mass is 16.5. The minimum absolute atomic E-state index is 0.0405. The lowest BCUT2D eigenvalue weighted by Gasteiger charge is -2.01. The number of hydrogen-bond acceptors (Lipinski definition) is 2. The number of rotatable bonds is 19. The van der Waals surface area contributed by atoms with Gasteiger partial charge in [0.05, 0.1) is 9.30 Å². The number of esters is 1. The van der Waals surface area contributed by atoms with Crippen molar-refractivity contribution in [2.45, 2.75) is 136 Å². The van der Waals surface area contributed by atoms with Gasteiger partial charge in [0.15, 0.2) is 0 Å². The van der Waals surface area contributed by atoms with Crippen LogP contribution in [0.25, 0.3) is 0 Å². The van der Waals surface area contributed by atoms with Gasteiger partial charge in [-0.15, -0.1) is 0 Å². The molecule has 0 aliphatic heterocycles. The maximum Gasteiger partial charge on any atom is 0.305 e. The molecule has 0 radical (unpaired) electrons. The maximum absolute atomic E-state index is 11.6. The number of unbranched alkanes of at least 4 members (excludes halogenated alkanes) is 16. The Morgan fingerprint density at radius 3 is 1.66 bits per heavy atom. The molecule has 0 bridgehead atoms. The van der Waals surface area contributed by atoms with Crippen molar-refractivity contribution in [3.63, 3.8) is 0 Å². The summed E-state index contributed by atoms with van der Waals surface area (Å²) in [6.45, 7) is -3.64. The monoisotopic (exact) mass is 407 g/mol. The zero-order valence-electron chi connectivity index (χ0n) is 23.8. The van der Waals surface area contributed by atoms with Crippen LogP contribution in [0.2, 0.25) is 0 Å². The molecule has 0 aromatic rings. The SMILES string of the molecule is [2H]C([2H])([2H])C([2H])([2H])OC(=O)CCCCCCCCC#CC#CCCCCCCCCCCCC. The molecule has 0 spiro atoms. The summed E-state index contributed by atoms with van der Waals surface area (Å²) in [5, 5.41) is 0. The first-order valence-electron chi connectivity index (χ1n) is 14.4. The van der Waals surface area contributed by atoms with Crippen LogP contribution in [-0.4, -0.2) is 12.5 Å². The van der Waals surface area contributed by atoms with E-state index >= 15 is 0 Å². The normalized spacial score (nSPS) is 13.5. The predicted octanol–water partition coefficient (Wildman–Crippen LogP) is 7.99. The molecule has 0 fully saturated rings. The molecule has 166 valence electrons. The molecule has 0 aliphatic carbocycles. The second-order valence-electron chi connectivity index (χ2n) is 7.73. The lowest BCUT2D eigenvalue weighted by Crippen LogP contribution is -2.03. The minimum Gasteiger partial charge on any atom is -0.466 e. The molecule has 29 heavy (non-hydrogen) atoms. The Balaban J connectivity index is 3.48. The molecule has 0 heterocycles. The highest BCUT2D eigenvalue weighted by Crippen LogP contribution is 2.11. The largest absolute Gasteiger partial charge is 0.466 e. The standard InChI is InChI=1S/C27H46O2/c1-3-5-6-7-8-9-10-11-12-13-14-15-16-17-18-19-20-21-22-23-24-25-26-27(28)29-4-2/h3-14,19-26H2,1-2H3/i2D3,4D2. The summed E-state index contributed by atoms with van der Waals surface area (Å²) in [7, 11) is 0. The summed E-state index contributed by atoms with van der Waals surface area (Å²) in [5.74, 6) is 11.4. The third kappa shape index (κ3) is 24.6. The fourth-order valence-electron chi connectivity index (χ4n) is 3.21. The maximum atomic E-state index is 11.6. The van der Waals surface area contributed by atoms with E-state index in [2.05, 4.69) is 35.3 Å². The van der Waals surface area contributed by atoms with Crippen LogP contribution in [0, 0.1) is 23.7 Å². The van der Waals surface area contributed by atoms with Crippen molar-refractivity contribution < 1.29 is 16.4 Å². The van der Waals surface area contributed by atoms with Crippen LogP contribution < -0.4 is 0 Å². The minimum atomic E-state index is -2.97. The number of carbonyl (C=O) groups excluding carboxylic acids is 1. The van der Waals surface area contributed by atoms with Crippen LogP contribution in [0.15, 0.2) is 0 Å². The molecule has 0 saturated carbocycles. The molecule has 0 N–H and O–H groups in total. The molecule has 0 aromatic heterocycles. The lowest BCUT2D eigenvalue weighted by atomic mass is 10.1. The fraction of sp³-hybridized carbons (Fsp3) is 0.815. The smallest absolute Gasteiger partial charge is 0.305 e. The average Bonchev–Trinajstić information content (AvgIpc) is 2.76. The van der Waals surface area contributed by atoms with Gasteiger partial charge in [0, 0.05) is 23.4 Å². The number of ether oxygens (including phenoxy) is 1. The third-order valence-electron chi connectivity index (χ3n) is 4.99. The zero-order chi connectivity index (χ0) is 25.5. The van der Waals surface area contributed by atoms with Crippen molar-refractivity contribution in [1.29, 1.82) is 0 Å². The molecule has 0 aromatic carbocycles. The first-order chi connectivity index (χ1) is 16.2. The molecule has 0 atom stereocenters. The molecule has 0 aliphatic rings. The molecule has 0 unspecified atom stereocenters. The van der Waals surface area contributed by atoms with E-state index < -0.39 is 19.4 Å². The Morgan fingerprint density at radius 2 is 1.17 bits per heavy atom. The van der Waals surface area contributed by atoms with Gasteiger partial charge in [-0.3, -0.25) is 4.79 Å². The van der Waals surface area contributed by atoms with E-state index in [1.165, 1.54) is 64.2 Å². The first-order valence-corrected chi connectivity index (χ1v) is 11.9. The van der Waals surface area contributed by atoms with Gasteiger partial charge in [0.25, 0.3) is 0 Å². The highest BCUT2D eigenvalue weighted by molar-refractivity contribution is 5.69. The summed E-state index contributed by atoms with van der Waals surface area (Å²) < 4.78 is 40.1. The van der Waals surface area contributed by atoms with Gasteiger partial charge in [-0.1, -0.05) is 102 Å². The van der Waals surface area contributed by atoms with Crippen molar-refractivity contribution in [2.75, 3.05) is 6.56 Å². The van der Waals surface area contributed by atoms with Crippen LogP contribution in [0.1, 0.15) is 143 Å². The number of hydrogen-bond donors (Lipinski definition) is 0. The van der Waals surface area contributed by atoms with Crippen LogP contribution in [0.4, 0.5) is 0 Å². The van der Waals surface area contributed by atoms with E-state index in [-0.39, 0.29) is 6.42 Å². The summed E-state index contributed by atoms with van der Waals surface area (Å²) >= 11 is 0. The Kier molecular flexibility index (Phi) is 16.6. The van der Waals surface area contributed by atoms with E-state index in [4.69, 9.17) is 6.85 Å². The van der Waals surface area contributed by atoms with E-state index in [9.17, 15) is 4.79 Å². The summed E-state index contributed by atoms with van der Waals surface area (Å²) in [4.78, 5) is 11.6. The van der Waals surface area contributed by atoms with E-state index in [1.54, 1.807) is 0 Å². The quantitative estimate of drug-likeness (QED) is 0.123. The van der Waals surface area contributed by atoms with E-state index in [1.807, 2.05) is 0 Å². The second-order valence-corrected chi connectivity index (χ2v) is 7.73. The van der Waals surface area contributed by atoms with Crippen LogP contribution >= 0.6 is 0 Å². The summed E-state index contributed by atoms with van der Waals surface area (Å²) in [6.07, 6.45) is 20.8. The molecular formula is C27H46O2. The fourth-order valence-corrected chi connectivity index (χ4v) is 3.21. The predicted molar refractivity (Wildman–Crippen MR) is 126 cm³/mol. The first kappa shape index (κ1) is 19.5. The van der Waals surface area contributed by atoms with Crippen molar-refractivity contribution in [1.82, 2.24) is 0 Å². The third-order valence-corrected chi connectivity index (χ3v) is 4.99. The van der Waals surface area contributed by atoms with E-state index in [0.717, 1.165) is 44.9 Å². The van der Waals surface area contributed by atoms with Gasteiger partial charge in [0.2, 0.25) is 0 Å². The van der Waals surface area contributed by atoms with Crippen molar-refractivity contribution in [2.24, 2.45) is 0 Å². The van der Waals surface area contributed by atoms with Gasteiger partial charge >= 0.3 is 5.97 Å². The Bertz CT molecular complexity index is 635. The van der Waals surface area contributed by atoms with Gasteiger partial charge in [-0.2, -0.15) is 0 Å². The van der Waals surface area contributed by atoms with Crippen molar-refractivity contribution in [3.8, 4) is 23.7 Å². The van der Waals surface area contributed by atoms with Gasteiger partial charge < -0.3 is 4.74 Å². The van der Waals surface area contributed by atoms with Crippen molar-refractivity contribution >= 4 is 5.97 Å². The Morgan fingerprint density at radius 1 is 0.724 bits per heavy atom. The summed E-state index contributed by atoms with van der Waals surface area (Å²) in [5.41, 5.74) is 0. The lowest BCUT2D eigenvalue weighted by molar-refractivity contribution is -0.143. The Hall–Kier alpha value is -1.41. The highest BCUT2D eigenvalue weighted by Gasteiger charge is 2.00. The van der Waals surface area contributed by atoms with E-state index in [0.29, 0.717) is 6.42 Å². The molecule has 0 saturated heterocycles. The average molecular weight is 408 g/mol. The topological polar surface area (TPSA) is 26.3 Å². The van der Waals surface area contributed by atoms with Crippen LogP contribution in [0.5, 0.6) is 0 Å². The molecule has 2 nitrogen and oxygen atoms in total. The Labute approximate surface area is 189 Å². The zero-order valence-corrected chi connectivity index (χ0v) is 18.8. The summed E-state index contributed by atoms with van der Waals surface area (Å²) in [6, 6.07) is 0. The van der Waals surface area contributed by atoms with Crippen LogP contribution in [-0.2, 0) is 9.53 Å². The molecular weight excluding hydrogens is 356 g/mol. The van der Waals surface area contributed by atoms with Crippen LogP contribution in [0.3, 0.4) is 0 Å². The van der Waals surface area contributed by atoms with Gasteiger partial charge in [-0.25, -0.2) is 0 Å². The molecule has 2 heteroatoms. The molecule has 0 amide bonds. The number of carbonyl (C=O) groups is 1.